The maximum absolute atomic E-state index is 12.3. The first-order valence-electron chi connectivity index (χ1n) is 9.41. The molecule has 0 radical (unpaired) electrons. The zero-order chi connectivity index (χ0) is 21.6. The van der Waals surface area contributed by atoms with E-state index in [1.165, 1.54) is 11.8 Å². The number of carboxylic acids is 1. The summed E-state index contributed by atoms with van der Waals surface area (Å²) in [5, 5.41) is 24.8. The van der Waals surface area contributed by atoms with Crippen LogP contribution < -0.4 is 10.6 Å². The molecule has 30 heavy (non-hydrogen) atoms. The van der Waals surface area contributed by atoms with Gasteiger partial charge in [0.2, 0.25) is 11.9 Å². The van der Waals surface area contributed by atoms with Gasteiger partial charge in [0.05, 0.1) is 18.1 Å². The molecule has 1 aromatic carbocycles. The smallest absolute Gasteiger partial charge is 0.352 e. The van der Waals surface area contributed by atoms with Crippen molar-refractivity contribution in [3.63, 3.8) is 0 Å². The fraction of sp³-hybridized carbons (Fsp3) is 0.300. The molecular weight excluding hydrogens is 390 g/mol. The van der Waals surface area contributed by atoms with Crippen LogP contribution in [0.1, 0.15) is 18.9 Å². The van der Waals surface area contributed by atoms with Gasteiger partial charge in [-0.05, 0) is 36.6 Å². The number of hydrogen-bond donors (Lipinski definition) is 4. The number of aliphatic hydroxyl groups is 1. The van der Waals surface area contributed by atoms with Gasteiger partial charge in [-0.3, -0.25) is 10.1 Å². The Morgan fingerprint density at radius 2 is 1.93 bits per heavy atom. The Hall–Kier alpha value is -3.66. The van der Waals surface area contributed by atoms with Gasteiger partial charge in [-0.2, -0.15) is 0 Å². The van der Waals surface area contributed by atoms with Crippen LogP contribution in [0.3, 0.4) is 0 Å². The summed E-state index contributed by atoms with van der Waals surface area (Å²) in [5.74, 6) is -1.74. The van der Waals surface area contributed by atoms with Crippen molar-refractivity contribution in [2.45, 2.75) is 25.5 Å². The summed E-state index contributed by atoms with van der Waals surface area (Å²) in [4.78, 5) is 41.5. The number of rotatable bonds is 5. The summed E-state index contributed by atoms with van der Waals surface area (Å²) >= 11 is 0. The van der Waals surface area contributed by atoms with E-state index in [4.69, 9.17) is 0 Å². The summed E-state index contributed by atoms with van der Waals surface area (Å²) in [7, 11) is 1.75. The molecule has 4 rings (SSSR count). The number of urea groups is 1. The van der Waals surface area contributed by atoms with Gasteiger partial charge in [-0.25, -0.2) is 14.6 Å². The SMILES string of the molecule is C[C@@H](O)[C@H]1C(=O)N2C(C(=O)O)=C(c3ccc(NC(=O)Nc4nccn4C)cc3)C[C@H]12. The molecule has 10 heteroatoms. The zero-order valence-corrected chi connectivity index (χ0v) is 16.4. The van der Waals surface area contributed by atoms with Gasteiger partial charge in [-0.1, -0.05) is 12.1 Å². The fourth-order valence-electron chi connectivity index (χ4n) is 4.03. The number of benzene rings is 1. The van der Waals surface area contributed by atoms with Crippen LogP contribution in [0.5, 0.6) is 0 Å². The highest BCUT2D eigenvalue weighted by Crippen LogP contribution is 2.46. The maximum atomic E-state index is 12.3. The Kier molecular flexibility index (Phi) is 4.78. The number of carbonyl (C=O) groups is 3. The summed E-state index contributed by atoms with van der Waals surface area (Å²) in [6.45, 7) is 1.54. The molecule has 2 aliphatic heterocycles. The average Bonchev–Trinajstić information content (AvgIpc) is 3.23. The molecule has 2 aliphatic rings. The Balaban J connectivity index is 1.51. The van der Waals surface area contributed by atoms with Crippen LogP contribution in [0.2, 0.25) is 0 Å². The third-order valence-electron chi connectivity index (χ3n) is 5.47. The molecule has 1 aromatic heterocycles. The van der Waals surface area contributed by atoms with Crippen molar-refractivity contribution >= 4 is 35.1 Å². The number of aliphatic carboxylic acids is 1. The standard InChI is InChI=1S/C20H21N5O5/c1-10(26)15-14-9-13(16(18(28)29)25(14)17(15)27)11-3-5-12(6-4-11)22-20(30)23-19-21-7-8-24(19)2/h3-8,10,14-15,26H,9H2,1-2H3,(H,28,29)(H2,21,22,23,30)/t10-,14-,15-/m1/s1. The number of carbonyl (C=O) groups excluding carboxylic acids is 2. The van der Waals surface area contributed by atoms with Crippen molar-refractivity contribution in [1.29, 1.82) is 0 Å². The molecular formula is C20H21N5O5. The van der Waals surface area contributed by atoms with E-state index in [0.717, 1.165) is 0 Å². The molecule has 10 nitrogen and oxygen atoms in total. The van der Waals surface area contributed by atoms with Gasteiger partial charge < -0.3 is 25.0 Å². The lowest BCUT2D eigenvalue weighted by molar-refractivity contribution is -0.161. The van der Waals surface area contributed by atoms with Gasteiger partial charge in [-0.15, -0.1) is 0 Å². The van der Waals surface area contributed by atoms with E-state index < -0.39 is 24.0 Å². The van der Waals surface area contributed by atoms with Crippen LogP contribution in [0.15, 0.2) is 42.4 Å². The molecule has 3 atom stereocenters. The minimum Gasteiger partial charge on any atom is -0.477 e. The molecule has 0 aliphatic carbocycles. The van der Waals surface area contributed by atoms with Crippen molar-refractivity contribution in [2.24, 2.45) is 13.0 Å². The van der Waals surface area contributed by atoms with E-state index in [2.05, 4.69) is 15.6 Å². The van der Waals surface area contributed by atoms with Crippen molar-refractivity contribution in [3.8, 4) is 0 Å². The molecule has 3 amide bonds. The summed E-state index contributed by atoms with van der Waals surface area (Å²) < 4.78 is 1.66. The highest BCUT2D eigenvalue weighted by Gasteiger charge is 2.56. The first-order valence-corrected chi connectivity index (χ1v) is 9.41. The number of hydrogen-bond acceptors (Lipinski definition) is 5. The molecule has 1 saturated heterocycles. The third-order valence-corrected chi connectivity index (χ3v) is 5.47. The van der Waals surface area contributed by atoms with Gasteiger partial charge in [0.1, 0.15) is 5.70 Å². The Morgan fingerprint density at radius 3 is 2.50 bits per heavy atom. The molecule has 0 saturated carbocycles. The molecule has 156 valence electrons. The zero-order valence-electron chi connectivity index (χ0n) is 16.4. The quantitative estimate of drug-likeness (QED) is 0.550. The highest BCUT2D eigenvalue weighted by atomic mass is 16.4. The van der Waals surface area contributed by atoms with E-state index in [1.807, 2.05) is 0 Å². The van der Waals surface area contributed by atoms with Gasteiger partial charge in [0.15, 0.2) is 0 Å². The van der Waals surface area contributed by atoms with E-state index in [1.54, 1.807) is 48.3 Å². The molecule has 0 bridgehead atoms. The van der Waals surface area contributed by atoms with E-state index in [0.29, 0.717) is 29.2 Å². The Labute approximate surface area is 171 Å². The second kappa shape index (κ2) is 7.30. The topological polar surface area (TPSA) is 137 Å². The predicted octanol–water partition coefficient (Wildman–Crippen LogP) is 1.47. The van der Waals surface area contributed by atoms with Gasteiger partial charge >= 0.3 is 12.0 Å². The number of nitrogens with zero attached hydrogens (tertiary/aromatic N) is 3. The molecule has 1 fully saturated rings. The van der Waals surface area contributed by atoms with E-state index >= 15 is 0 Å². The number of aryl methyl sites for hydroxylation is 1. The number of amides is 3. The monoisotopic (exact) mass is 411 g/mol. The second-order valence-electron chi connectivity index (χ2n) is 7.40. The van der Waals surface area contributed by atoms with Crippen molar-refractivity contribution in [2.75, 3.05) is 10.6 Å². The maximum Gasteiger partial charge on any atom is 0.352 e. The van der Waals surface area contributed by atoms with Crippen LogP contribution in [0.25, 0.3) is 5.57 Å². The van der Waals surface area contributed by atoms with Crippen LogP contribution in [0.4, 0.5) is 16.4 Å². The molecule has 0 spiro atoms. The molecule has 3 heterocycles. The van der Waals surface area contributed by atoms with Crippen LogP contribution >= 0.6 is 0 Å². The van der Waals surface area contributed by atoms with Gasteiger partial charge in [0, 0.05) is 25.1 Å². The minimum absolute atomic E-state index is 0.0462. The summed E-state index contributed by atoms with van der Waals surface area (Å²) in [6, 6.07) is 5.90. The highest BCUT2D eigenvalue weighted by molar-refractivity contribution is 6.06. The number of β-lactam (4-membered cyclic amide) rings is 1. The summed E-state index contributed by atoms with van der Waals surface area (Å²) in [5.41, 5.74) is 1.65. The lowest BCUT2D eigenvalue weighted by Gasteiger charge is -2.44. The number of fused-ring (bicyclic) bond motifs is 1. The first kappa shape index (κ1) is 19.6. The number of aromatic nitrogens is 2. The number of imidazole rings is 1. The van der Waals surface area contributed by atoms with Crippen molar-refractivity contribution in [1.82, 2.24) is 14.5 Å². The number of anilines is 2. The van der Waals surface area contributed by atoms with E-state index in [9.17, 15) is 24.6 Å². The third kappa shape index (κ3) is 3.20. The Bertz CT molecular complexity index is 1060. The van der Waals surface area contributed by atoms with Crippen LogP contribution in [0, 0.1) is 5.92 Å². The summed E-state index contributed by atoms with van der Waals surface area (Å²) in [6.07, 6.45) is 2.79. The van der Waals surface area contributed by atoms with E-state index in [-0.39, 0.29) is 17.6 Å². The lowest BCUT2D eigenvalue weighted by Crippen LogP contribution is -2.61. The Morgan fingerprint density at radius 1 is 1.23 bits per heavy atom. The van der Waals surface area contributed by atoms with Crippen LogP contribution in [-0.4, -0.2) is 54.7 Å². The number of carboxylic acid groups (broad SMARTS) is 1. The minimum atomic E-state index is -1.18. The predicted molar refractivity (Wildman–Crippen MR) is 107 cm³/mol. The largest absolute Gasteiger partial charge is 0.477 e. The lowest BCUT2D eigenvalue weighted by atomic mass is 9.82. The number of aliphatic hydroxyl groups excluding tert-OH is 1. The average molecular weight is 411 g/mol. The molecule has 0 unspecified atom stereocenters. The molecule has 2 aromatic rings. The first-order chi connectivity index (χ1) is 14.3. The number of nitrogens with one attached hydrogen (secondary N) is 2. The molecule has 4 N–H and O–H groups in total. The normalized spacial score (nSPS) is 21.2. The van der Waals surface area contributed by atoms with Crippen LogP contribution in [-0.2, 0) is 16.6 Å². The second-order valence-corrected chi connectivity index (χ2v) is 7.40. The van der Waals surface area contributed by atoms with Crippen molar-refractivity contribution < 1.29 is 24.6 Å². The van der Waals surface area contributed by atoms with Crippen molar-refractivity contribution in [3.05, 3.63) is 47.9 Å². The fourth-order valence-corrected chi connectivity index (χ4v) is 4.03. The van der Waals surface area contributed by atoms with Gasteiger partial charge in [0.25, 0.3) is 0 Å².